The van der Waals surface area contributed by atoms with Crippen LogP contribution in [-0.2, 0) is 13.1 Å². The monoisotopic (exact) mass is 362 g/mol. The van der Waals surface area contributed by atoms with E-state index in [1.54, 1.807) is 11.1 Å². The van der Waals surface area contributed by atoms with Crippen LogP contribution in [0.25, 0.3) is 0 Å². The summed E-state index contributed by atoms with van der Waals surface area (Å²) in [4.78, 5) is 18.8. The molecule has 0 unspecified atom stereocenters. The van der Waals surface area contributed by atoms with Crippen molar-refractivity contribution >= 4 is 17.6 Å². The number of imidazole rings is 1. The first-order valence-corrected chi connectivity index (χ1v) is 8.87. The van der Waals surface area contributed by atoms with Gasteiger partial charge in [-0.15, -0.1) is 0 Å². The number of hydrogen-bond acceptors (Lipinski definition) is 2. The maximum atomic E-state index is 12.6. The molecule has 1 aromatic carbocycles. The third kappa shape index (κ3) is 5.49. The third-order valence-electron chi connectivity index (χ3n) is 3.78. The second-order valence-electron chi connectivity index (χ2n) is 7.46. The molecule has 136 valence electrons. The topological polar surface area (TPSA) is 50.2 Å². The van der Waals surface area contributed by atoms with E-state index in [4.69, 9.17) is 11.6 Å². The van der Waals surface area contributed by atoms with Gasteiger partial charge in [0.05, 0.1) is 13.1 Å². The van der Waals surface area contributed by atoms with Crippen LogP contribution in [0.1, 0.15) is 46.0 Å². The van der Waals surface area contributed by atoms with E-state index in [1.807, 2.05) is 69.6 Å². The van der Waals surface area contributed by atoms with Gasteiger partial charge in [0.2, 0.25) is 0 Å². The fourth-order valence-electron chi connectivity index (χ4n) is 2.48. The largest absolute Gasteiger partial charge is 0.333 e. The van der Waals surface area contributed by atoms with Gasteiger partial charge in [-0.25, -0.2) is 9.78 Å². The number of carbonyl (C=O) groups is 1. The highest BCUT2D eigenvalue weighted by Gasteiger charge is 2.23. The molecule has 25 heavy (non-hydrogen) atoms. The van der Waals surface area contributed by atoms with Crippen LogP contribution in [-0.4, -0.2) is 32.1 Å². The van der Waals surface area contributed by atoms with E-state index >= 15 is 0 Å². The van der Waals surface area contributed by atoms with Crippen LogP contribution >= 0.6 is 11.6 Å². The summed E-state index contributed by atoms with van der Waals surface area (Å²) >= 11 is 6.26. The van der Waals surface area contributed by atoms with Crippen molar-refractivity contribution in [1.82, 2.24) is 19.8 Å². The Kier molecular flexibility index (Phi) is 6.11. The predicted octanol–water partition coefficient (Wildman–Crippen LogP) is 4.30. The van der Waals surface area contributed by atoms with E-state index in [2.05, 4.69) is 10.3 Å². The zero-order valence-electron chi connectivity index (χ0n) is 15.6. The second-order valence-corrected chi connectivity index (χ2v) is 7.87. The lowest BCUT2D eigenvalue weighted by Crippen LogP contribution is -2.50. The van der Waals surface area contributed by atoms with Crippen LogP contribution in [0, 0.1) is 0 Å². The lowest BCUT2D eigenvalue weighted by molar-refractivity contribution is 0.168. The average Bonchev–Trinajstić information content (AvgIpc) is 2.92. The number of hydrogen-bond donors (Lipinski definition) is 1. The van der Waals surface area contributed by atoms with Crippen molar-refractivity contribution in [2.75, 3.05) is 0 Å². The molecule has 0 bridgehead atoms. The lowest BCUT2D eigenvalue weighted by atomic mass is 10.1. The van der Waals surface area contributed by atoms with Gasteiger partial charge < -0.3 is 14.8 Å². The molecule has 0 spiro atoms. The summed E-state index contributed by atoms with van der Waals surface area (Å²) in [5.74, 6) is 0.831. The Balaban J connectivity index is 2.17. The molecule has 1 N–H and O–H groups in total. The zero-order valence-corrected chi connectivity index (χ0v) is 16.3. The number of halogens is 1. The molecule has 6 heteroatoms. The number of urea groups is 1. The normalized spacial score (nSPS) is 11.6. The molecule has 0 fully saturated rings. The highest BCUT2D eigenvalue weighted by molar-refractivity contribution is 6.31. The molecule has 0 saturated heterocycles. The maximum Gasteiger partial charge on any atom is 0.318 e. The van der Waals surface area contributed by atoms with Crippen LogP contribution in [0.15, 0.2) is 36.7 Å². The average molecular weight is 363 g/mol. The number of nitrogens with one attached hydrogen (secondary N) is 1. The molecule has 0 aliphatic heterocycles. The molecule has 1 aromatic heterocycles. The minimum Gasteiger partial charge on any atom is -0.333 e. The highest BCUT2D eigenvalue weighted by atomic mass is 35.5. The highest BCUT2D eigenvalue weighted by Crippen LogP contribution is 2.18. The molecule has 0 aliphatic rings. The maximum absolute atomic E-state index is 12.6. The summed E-state index contributed by atoms with van der Waals surface area (Å²) in [7, 11) is 0. The summed E-state index contributed by atoms with van der Waals surface area (Å²) < 4.78 is 2.03. The van der Waals surface area contributed by atoms with Crippen molar-refractivity contribution in [2.24, 2.45) is 0 Å². The van der Waals surface area contributed by atoms with E-state index in [0.29, 0.717) is 13.1 Å². The van der Waals surface area contributed by atoms with E-state index in [-0.39, 0.29) is 17.6 Å². The number of aromatic nitrogens is 2. The molecule has 2 rings (SSSR count). The van der Waals surface area contributed by atoms with Crippen molar-refractivity contribution in [3.8, 4) is 0 Å². The third-order valence-corrected chi connectivity index (χ3v) is 4.15. The van der Waals surface area contributed by atoms with Crippen molar-refractivity contribution in [2.45, 2.75) is 59.3 Å². The summed E-state index contributed by atoms with van der Waals surface area (Å²) in [5.41, 5.74) is 0.746. The number of amides is 2. The van der Waals surface area contributed by atoms with Crippen LogP contribution in [0.3, 0.4) is 0 Å². The predicted molar refractivity (Wildman–Crippen MR) is 102 cm³/mol. The molecule has 2 aromatic rings. The standard InChI is InChI=1S/C19H27ClN4O/c1-14(2)24(18(25)22-19(3,4)5)13-17-21-10-11-23(17)12-15-8-6-7-9-16(15)20/h6-11,14H,12-13H2,1-5H3,(H,22,25). The first-order chi connectivity index (χ1) is 11.7. The Hall–Kier alpha value is -2.01. The molecular formula is C19H27ClN4O. The molecule has 1 heterocycles. The summed E-state index contributed by atoms with van der Waals surface area (Å²) in [5, 5.41) is 3.75. The quantitative estimate of drug-likeness (QED) is 0.861. The van der Waals surface area contributed by atoms with Gasteiger partial charge in [-0.1, -0.05) is 29.8 Å². The summed E-state index contributed by atoms with van der Waals surface area (Å²) in [6.07, 6.45) is 3.67. The molecule has 0 radical (unpaired) electrons. The van der Waals surface area contributed by atoms with E-state index in [9.17, 15) is 4.79 Å². The molecule has 2 amide bonds. The molecule has 0 atom stereocenters. The minimum absolute atomic E-state index is 0.0628. The van der Waals surface area contributed by atoms with Crippen LogP contribution in [0.2, 0.25) is 5.02 Å². The number of benzene rings is 1. The van der Waals surface area contributed by atoms with Crippen molar-refractivity contribution in [1.29, 1.82) is 0 Å². The van der Waals surface area contributed by atoms with Gasteiger partial charge in [-0.3, -0.25) is 0 Å². The van der Waals surface area contributed by atoms with Gasteiger partial charge >= 0.3 is 6.03 Å². The van der Waals surface area contributed by atoms with Gasteiger partial charge in [0.1, 0.15) is 5.82 Å². The molecular weight excluding hydrogens is 336 g/mol. The Labute approximate surface area is 155 Å². The fourth-order valence-corrected chi connectivity index (χ4v) is 2.68. The molecule has 0 saturated carbocycles. The number of carbonyl (C=O) groups excluding carboxylic acids is 1. The van der Waals surface area contributed by atoms with Gasteiger partial charge in [0, 0.05) is 29.0 Å². The van der Waals surface area contributed by atoms with Gasteiger partial charge in [0.15, 0.2) is 0 Å². The van der Waals surface area contributed by atoms with E-state index < -0.39 is 0 Å². The zero-order chi connectivity index (χ0) is 18.6. The second kappa shape index (κ2) is 7.91. The molecule has 5 nitrogen and oxygen atoms in total. The number of nitrogens with zero attached hydrogens (tertiary/aromatic N) is 3. The lowest BCUT2D eigenvalue weighted by Gasteiger charge is -2.31. The minimum atomic E-state index is -0.281. The Bertz CT molecular complexity index is 718. The van der Waals surface area contributed by atoms with Gasteiger partial charge in [-0.2, -0.15) is 0 Å². The fraction of sp³-hybridized carbons (Fsp3) is 0.474. The first kappa shape index (κ1) is 19.3. The van der Waals surface area contributed by atoms with Gasteiger partial charge in [-0.05, 0) is 46.2 Å². The Morgan fingerprint density at radius 2 is 2.00 bits per heavy atom. The van der Waals surface area contributed by atoms with Crippen LogP contribution < -0.4 is 5.32 Å². The summed E-state index contributed by atoms with van der Waals surface area (Å²) in [6, 6.07) is 7.73. The Morgan fingerprint density at radius 3 is 2.60 bits per heavy atom. The van der Waals surface area contributed by atoms with Crippen molar-refractivity contribution in [3.63, 3.8) is 0 Å². The smallest absolute Gasteiger partial charge is 0.318 e. The number of rotatable bonds is 5. The van der Waals surface area contributed by atoms with E-state index in [1.165, 1.54) is 0 Å². The van der Waals surface area contributed by atoms with Crippen molar-refractivity contribution < 1.29 is 4.79 Å². The first-order valence-electron chi connectivity index (χ1n) is 8.49. The molecule has 0 aliphatic carbocycles. The van der Waals surface area contributed by atoms with E-state index in [0.717, 1.165) is 16.4 Å². The van der Waals surface area contributed by atoms with Crippen LogP contribution in [0.4, 0.5) is 4.79 Å². The Morgan fingerprint density at radius 1 is 1.32 bits per heavy atom. The van der Waals surface area contributed by atoms with Gasteiger partial charge in [0.25, 0.3) is 0 Å². The van der Waals surface area contributed by atoms with Crippen LogP contribution in [0.5, 0.6) is 0 Å². The summed E-state index contributed by atoms with van der Waals surface area (Å²) in [6.45, 7) is 11.0. The van der Waals surface area contributed by atoms with Crippen molar-refractivity contribution in [3.05, 3.63) is 53.1 Å². The SMILES string of the molecule is CC(C)N(Cc1nccn1Cc1ccccc1Cl)C(=O)NC(C)(C)C.